The molecular weight excluding hydrogens is 306 g/mol. The van der Waals surface area contributed by atoms with E-state index in [-0.39, 0.29) is 17.0 Å². The number of carbonyl (C=O) groups is 1. The molecular formula is C15H16BrNO2. The monoisotopic (exact) mass is 321 g/mol. The normalized spacial score (nSPS) is 19.2. The van der Waals surface area contributed by atoms with Crippen molar-refractivity contribution in [1.82, 2.24) is 0 Å². The number of aliphatic hydroxyl groups is 1. The minimum atomic E-state index is -0.175. The molecule has 1 aliphatic rings. The fourth-order valence-electron chi connectivity index (χ4n) is 2.14. The third-order valence-electron chi connectivity index (χ3n) is 3.08. The highest BCUT2D eigenvalue weighted by Gasteiger charge is 2.32. The van der Waals surface area contributed by atoms with Crippen LogP contribution in [0.5, 0.6) is 0 Å². The number of aliphatic imine (C=N–C) groups is 1. The molecule has 3 nitrogen and oxygen atoms in total. The van der Waals surface area contributed by atoms with Crippen molar-refractivity contribution in [1.29, 1.82) is 0 Å². The summed E-state index contributed by atoms with van der Waals surface area (Å²) in [6.07, 6.45) is 2.41. The van der Waals surface area contributed by atoms with Gasteiger partial charge in [-0.05, 0) is 33.5 Å². The molecule has 0 aliphatic heterocycles. The molecule has 1 aromatic carbocycles. The second-order valence-corrected chi connectivity index (χ2v) is 6.37. The molecule has 1 N–H and O–H groups in total. The Balaban J connectivity index is 2.28. The number of Topliss-reactive ketones (excluding diaryl/α,β-unsaturated/α-hetero) is 1. The maximum Gasteiger partial charge on any atom is 0.168 e. The first kappa shape index (κ1) is 14.0. The lowest BCUT2D eigenvalue weighted by molar-refractivity contribution is -0.117. The maximum atomic E-state index is 12.0. The van der Waals surface area contributed by atoms with Crippen LogP contribution in [0, 0.1) is 5.41 Å². The lowest BCUT2D eigenvalue weighted by Crippen LogP contribution is -2.26. The van der Waals surface area contributed by atoms with Crippen molar-refractivity contribution in [2.24, 2.45) is 10.4 Å². The topological polar surface area (TPSA) is 49.7 Å². The summed E-state index contributed by atoms with van der Waals surface area (Å²) in [6, 6.07) is 7.49. The van der Waals surface area contributed by atoms with Crippen LogP contribution in [-0.4, -0.2) is 17.1 Å². The summed E-state index contributed by atoms with van der Waals surface area (Å²) in [7, 11) is 0. The van der Waals surface area contributed by atoms with Crippen LogP contribution in [-0.2, 0) is 4.79 Å². The highest BCUT2D eigenvalue weighted by Crippen LogP contribution is 2.35. The number of carbonyl (C=O) groups excluding carboxylic acids is 1. The van der Waals surface area contributed by atoms with Gasteiger partial charge in [0.2, 0.25) is 0 Å². The lowest BCUT2D eigenvalue weighted by atomic mass is 9.77. The number of nitrogens with zero attached hydrogens (tertiary/aromatic N) is 1. The second-order valence-electron chi connectivity index (χ2n) is 5.51. The standard InChI is InChI=1S/C15H16BrNO2/c1-15(2)7-13(18)10(14(19)8-15)9-17-12-6-4-3-5-11(12)16/h3-6,9,18H,7-8H2,1-2H3. The third kappa shape index (κ3) is 3.32. The largest absolute Gasteiger partial charge is 0.511 e. The van der Waals surface area contributed by atoms with E-state index in [1.165, 1.54) is 6.21 Å². The summed E-state index contributed by atoms with van der Waals surface area (Å²) >= 11 is 3.39. The van der Waals surface area contributed by atoms with E-state index in [2.05, 4.69) is 20.9 Å². The number of rotatable bonds is 2. The summed E-state index contributed by atoms with van der Waals surface area (Å²) in [6.45, 7) is 3.95. The molecule has 0 heterocycles. The molecule has 100 valence electrons. The van der Waals surface area contributed by atoms with E-state index in [1.807, 2.05) is 38.1 Å². The Bertz CT molecular complexity index is 573. The Hall–Kier alpha value is -1.42. The van der Waals surface area contributed by atoms with E-state index < -0.39 is 0 Å². The summed E-state index contributed by atoms with van der Waals surface area (Å²) < 4.78 is 0.856. The molecule has 0 amide bonds. The van der Waals surface area contributed by atoms with Crippen LogP contribution >= 0.6 is 15.9 Å². The molecule has 0 saturated carbocycles. The highest BCUT2D eigenvalue weighted by atomic mass is 79.9. The summed E-state index contributed by atoms with van der Waals surface area (Å²) in [5, 5.41) is 9.98. The van der Waals surface area contributed by atoms with Crippen molar-refractivity contribution in [3.63, 3.8) is 0 Å². The van der Waals surface area contributed by atoms with Crippen LogP contribution < -0.4 is 0 Å². The summed E-state index contributed by atoms with van der Waals surface area (Å²) in [5.41, 5.74) is 0.891. The average Bonchev–Trinajstić information content (AvgIpc) is 2.28. The molecule has 4 heteroatoms. The Morgan fingerprint density at radius 2 is 2.00 bits per heavy atom. The molecule has 0 spiro atoms. The summed E-state index contributed by atoms with van der Waals surface area (Å²) in [5.74, 6) is 0.0848. The van der Waals surface area contributed by atoms with Gasteiger partial charge in [-0.15, -0.1) is 0 Å². The van der Waals surface area contributed by atoms with E-state index in [0.717, 1.165) is 10.2 Å². The Morgan fingerprint density at radius 1 is 1.32 bits per heavy atom. The van der Waals surface area contributed by atoms with Crippen molar-refractivity contribution in [3.8, 4) is 0 Å². The van der Waals surface area contributed by atoms with Crippen LogP contribution in [0.1, 0.15) is 26.7 Å². The third-order valence-corrected chi connectivity index (χ3v) is 3.75. The van der Waals surface area contributed by atoms with Gasteiger partial charge in [0.1, 0.15) is 5.76 Å². The number of benzene rings is 1. The highest BCUT2D eigenvalue weighted by molar-refractivity contribution is 9.10. The van der Waals surface area contributed by atoms with Crippen molar-refractivity contribution >= 4 is 33.6 Å². The number of hydrogen-bond donors (Lipinski definition) is 1. The van der Waals surface area contributed by atoms with Gasteiger partial charge in [-0.1, -0.05) is 26.0 Å². The molecule has 0 unspecified atom stereocenters. The number of para-hydroxylation sites is 1. The van der Waals surface area contributed by atoms with Crippen molar-refractivity contribution in [2.45, 2.75) is 26.7 Å². The first-order valence-electron chi connectivity index (χ1n) is 6.13. The smallest absolute Gasteiger partial charge is 0.168 e. The molecule has 0 fully saturated rings. The van der Waals surface area contributed by atoms with Crippen LogP contribution in [0.4, 0.5) is 5.69 Å². The molecule has 0 saturated heterocycles. The van der Waals surface area contributed by atoms with E-state index >= 15 is 0 Å². The zero-order valence-corrected chi connectivity index (χ0v) is 12.6. The van der Waals surface area contributed by atoms with Gasteiger partial charge in [0, 0.05) is 23.5 Å². The first-order valence-corrected chi connectivity index (χ1v) is 6.92. The maximum absolute atomic E-state index is 12.0. The zero-order valence-electron chi connectivity index (χ0n) is 11.0. The Morgan fingerprint density at radius 3 is 2.63 bits per heavy atom. The SMILES string of the molecule is CC1(C)CC(=O)C(C=Nc2ccccc2Br)=C(O)C1. The van der Waals surface area contributed by atoms with Gasteiger partial charge < -0.3 is 5.11 Å². The first-order chi connectivity index (χ1) is 8.89. The molecule has 2 rings (SSSR count). The molecule has 1 aliphatic carbocycles. The van der Waals surface area contributed by atoms with E-state index in [1.54, 1.807) is 0 Å². The molecule has 0 aromatic heterocycles. The fourth-order valence-corrected chi connectivity index (χ4v) is 2.53. The predicted octanol–water partition coefficient (Wildman–Crippen LogP) is 4.35. The molecule has 1 aromatic rings. The Labute approximate surface area is 121 Å². The molecule has 0 atom stereocenters. The number of hydrogen-bond acceptors (Lipinski definition) is 3. The number of halogens is 1. The number of aliphatic hydroxyl groups excluding tert-OH is 1. The summed E-state index contributed by atoms with van der Waals surface area (Å²) in [4.78, 5) is 16.3. The zero-order chi connectivity index (χ0) is 14.0. The van der Waals surface area contributed by atoms with Crippen molar-refractivity contribution in [3.05, 3.63) is 40.1 Å². The van der Waals surface area contributed by atoms with Gasteiger partial charge in [-0.25, -0.2) is 0 Å². The number of allylic oxidation sites excluding steroid dienone is 2. The molecule has 0 radical (unpaired) electrons. The lowest BCUT2D eigenvalue weighted by Gasteiger charge is -2.28. The van der Waals surface area contributed by atoms with Gasteiger partial charge in [0.25, 0.3) is 0 Å². The van der Waals surface area contributed by atoms with Gasteiger partial charge in [0.15, 0.2) is 5.78 Å². The van der Waals surface area contributed by atoms with Crippen LogP contribution in [0.15, 0.2) is 45.1 Å². The fraction of sp³-hybridized carbons (Fsp3) is 0.333. The molecule has 0 bridgehead atoms. The minimum absolute atomic E-state index is 0.0513. The Kier molecular flexibility index (Phi) is 3.90. The van der Waals surface area contributed by atoms with Crippen LogP contribution in [0.3, 0.4) is 0 Å². The van der Waals surface area contributed by atoms with E-state index in [9.17, 15) is 9.90 Å². The average molecular weight is 322 g/mol. The van der Waals surface area contributed by atoms with Gasteiger partial charge in [-0.3, -0.25) is 9.79 Å². The minimum Gasteiger partial charge on any atom is -0.511 e. The quantitative estimate of drug-likeness (QED) is 0.823. The van der Waals surface area contributed by atoms with E-state index in [0.29, 0.717) is 18.4 Å². The van der Waals surface area contributed by atoms with Gasteiger partial charge >= 0.3 is 0 Å². The van der Waals surface area contributed by atoms with Gasteiger partial charge in [0.05, 0.1) is 11.3 Å². The van der Waals surface area contributed by atoms with E-state index in [4.69, 9.17) is 0 Å². The van der Waals surface area contributed by atoms with Crippen LogP contribution in [0.25, 0.3) is 0 Å². The van der Waals surface area contributed by atoms with Crippen LogP contribution in [0.2, 0.25) is 0 Å². The van der Waals surface area contributed by atoms with Gasteiger partial charge in [-0.2, -0.15) is 0 Å². The number of ketones is 1. The predicted molar refractivity (Wildman–Crippen MR) is 80.0 cm³/mol. The second kappa shape index (κ2) is 5.29. The van der Waals surface area contributed by atoms with Crippen molar-refractivity contribution in [2.75, 3.05) is 0 Å². The van der Waals surface area contributed by atoms with Crippen molar-refractivity contribution < 1.29 is 9.90 Å². The molecule has 19 heavy (non-hydrogen) atoms.